The number of hydrogen-bond donors (Lipinski definition) is 9. The molecule has 0 aliphatic heterocycles. The van der Waals surface area contributed by atoms with E-state index in [0.29, 0.717) is 25.1 Å². The summed E-state index contributed by atoms with van der Waals surface area (Å²) in [5.41, 5.74) is 11.6. The van der Waals surface area contributed by atoms with E-state index in [1.807, 2.05) is 13.8 Å². The molecule has 232 valence electrons. The Morgan fingerprint density at radius 3 is 2.02 bits per heavy atom. The van der Waals surface area contributed by atoms with Gasteiger partial charge in [0.15, 0.2) is 0 Å². The van der Waals surface area contributed by atoms with Gasteiger partial charge in [0, 0.05) is 18.3 Å². The van der Waals surface area contributed by atoms with Gasteiger partial charge in [-0.3, -0.25) is 19.2 Å². The third kappa shape index (κ3) is 12.7. The molecule has 1 aromatic rings. The van der Waals surface area contributed by atoms with E-state index in [4.69, 9.17) is 11.5 Å². The molecule has 0 radical (unpaired) electrons. The summed E-state index contributed by atoms with van der Waals surface area (Å²) in [5, 5.41) is 29.0. The highest BCUT2D eigenvalue weighted by atomic mass is 16.4. The molecule has 15 heteroatoms. The Morgan fingerprint density at radius 2 is 1.51 bits per heavy atom. The molecule has 0 fully saturated rings. The summed E-state index contributed by atoms with van der Waals surface area (Å²) in [6, 6.07) is -5.71. The first kappa shape index (κ1) is 35.5. The van der Waals surface area contributed by atoms with Crippen LogP contribution in [0.4, 0.5) is 0 Å². The molecule has 0 spiro atoms. The summed E-state index contributed by atoms with van der Waals surface area (Å²) < 4.78 is 0. The van der Waals surface area contributed by atoms with Crippen molar-refractivity contribution in [2.75, 3.05) is 13.2 Å². The monoisotopic (exact) mass is 582 g/mol. The number of imidazole rings is 1. The van der Waals surface area contributed by atoms with Crippen LogP contribution in [0.2, 0.25) is 0 Å². The number of hydrogen-bond acceptors (Lipinski definition) is 9. The van der Waals surface area contributed by atoms with Crippen LogP contribution in [0.5, 0.6) is 0 Å². The number of H-pyrrole nitrogens is 1. The number of nitrogens with zero attached hydrogens (tertiary/aromatic N) is 1. The molecule has 5 atom stereocenters. The summed E-state index contributed by atoms with van der Waals surface area (Å²) >= 11 is 0. The number of aliphatic carboxylic acids is 1. The van der Waals surface area contributed by atoms with Crippen LogP contribution in [0, 0.1) is 11.8 Å². The first-order chi connectivity index (χ1) is 19.3. The molecule has 0 saturated heterocycles. The fraction of sp³-hybridized carbons (Fsp3) is 0.692. The molecule has 4 amide bonds. The van der Waals surface area contributed by atoms with Gasteiger partial charge in [0.25, 0.3) is 0 Å². The van der Waals surface area contributed by atoms with Crippen molar-refractivity contribution in [2.45, 2.75) is 90.0 Å². The van der Waals surface area contributed by atoms with E-state index in [9.17, 15) is 34.2 Å². The number of aliphatic hydroxyl groups excluding tert-OH is 1. The number of nitrogens with two attached hydrogens (primary N) is 2. The van der Waals surface area contributed by atoms with Gasteiger partial charge in [0.2, 0.25) is 23.6 Å². The maximum Gasteiger partial charge on any atom is 0.326 e. The average Bonchev–Trinajstić information content (AvgIpc) is 3.42. The summed E-state index contributed by atoms with van der Waals surface area (Å²) in [6.07, 6.45) is 4.40. The SMILES string of the molecule is CC(C)C[C@H](NC(=O)[C@H](Cc1cnc[nH]1)NC(=O)[C@@H](N)CO)C(=O)N[C@H](C(=O)N[C@@H](CCCCN)C(=O)O)C(C)C. The van der Waals surface area contributed by atoms with Gasteiger partial charge < -0.3 is 47.9 Å². The van der Waals surface area contributed by atoms with E-state index in [0.717, 1.165) is 0 Å². The van der Waals surface area contributed by atoms with Crippen LogP contribution in [-0.2, 0) is 30.4 Å². The number of carbonyl (C=O) groups excluding carboxylic acids is 4. The third-order valence-corrected chi connectivity index (χ3v) is 6.29. The van der Waals surface area contributed by atoms with E-state index >= 15 is 0 Å². The Hall–Kier alpha value is -3.56. The number of carboxylic acid groups (broad SMARTS) is 1. The van der Waals surface area contributed by atoms with Crippen molar-refractivity contribution >= 4 is 29.6 Å². The van der Waals surface area contributed by atoms with Gasteiger partial charge in [-0.1, -0.05) is 27.7 Å². The van der Waals surface area contributed by atoms with Gasteiger partial charge in [0.1, 0.15) is 30.2 Å². The second-order valence-corrected chi connectivity index (χ2v) is 10.7. The zero-order chi connectivity index (χ0) is 31.1. The molecule has 1 rings (SSSR count). The summed E-state index contributed by atoms with van der Waals surface area (Å²) in [5.74, 6) is -4.39. The number of amides is 4. The van der Waals surface area contributed by atoms with E-state index in [1.165, 1.54) is 12.5 Å². The normalized spacial score (nSPS) is 15.0. The lowest BCUT2D eigenvalue weighted by atomic mass is 9.99. The lowest BCUT2D eigenvalue weighted by Gasteiger charge is -2.28. The summed E-state index contributed by atoms with van der Waals surface area (Å²) in [6.45, 7) is 6.87. The molecule has 0 unspecified atom stereocenters. The number of aliphatic hydroxyl groups is 1. The molecule has 0 aromatic carbocycles. The summed E-state index contributed by atoms with van der Waals surface area (Å²) in [7, 11) is 0. The number of rotatable bonds is 19. The quantitative estimate of drug-likeness (QED) is 0.0821. The molecule has 0 saturated carbocycles. The lowest BCUT2D eigenvalue weighted by molar-refractivity contribution is -0.142. The van der Waals surface area contributed by atoms with Crippen molar-refractivity contribution in [1.29, 1.82) is 0 Å². The van der Waals surface area contributed by atoms with Crippen molar-refractivity contribution in [3.05, 3.63) is 18.2 Å². The molecule has 15 nitrogen and oxygen atoms in total. The van der Waals surface area contributed by atoms with Crippen molar-refractivity contribution in [3.8, 4) is 0 Å². The van der Waals surface area contributed by atoms with Gasteiger partial charge in [-0.05, 0) is 44.1 Å². The zero-order valence-corrected chi connectivity index (χ0v) is 24.2. The standard InChI is InChI=1S/C26H46N8O7/c1-14(2)9-19(33-23(37)20(10-16-11-29-13-30-16)32-22(36)17(28)12-35)24(38)34-21(15(3)4)25(39)31-18(26(40)41)7-5-6-8-27/h11,13-15,17-21,35H,5-10,12,27-28H2,1-4H3,(H,29,30)(H,31,39)(H,32,36)(H,33,37)(H,34,38)(H,40,41)/t17-,18-,19-,20-,21-/m0/s1. The highest BCUT2D eigenvalue weighted by Crippen LogP contribution is 2.10. The van der Waals surface area contributed by atoms with E-state index in [2.05, 4.69) is 31.2 Å². The first-order valence-corrected chi connectivity index (χ1v) is 13.8. The number of nitrogens with one attached hydrogen (secondary N) is 5. The third-order valence-electron chi connectivity index (χ3n) is 6.29. The van der Waals surface area contributed by atoms with Crippen molar-refractivity contribution in [1.82, 2.24) is 31.2 Å². The predicted octanol–water partition coefficient (Wildman–Crippen LogP) is -1.87. The van der Waals surface area contributed by atoms with Gasteiger partial charge >= 0.3 is 5.97 Å². The van der Waals surface area contributed by atoms with Gasteiger partial charge in [-0.25, -0.2) is 9.78 Å². The Balaban J connectivity index is 3.09. The Kier molecular flexibility index (Phi) is 15.6. The van der Waals surface area contributed by atoms with Crippen LogP contribution in [0.3, 0.4) is 0 Å². The van der Waals surface area contributed by atoms with Crippen LogP contribution in [0.25, 0.3) is 0 Å². The Morgan fingerprint density at radius 1 is 0.902 bits per heavy atom. The Labute approximate surface area is 240 Å². The molecular formula is C26H46N8O7. The number of unbranched alkanes of at least 4 members (excludes halogenated alkanes) is 1. The van der Waals surface area contributed by atoms with E-state index in [1.54, 1.807) is 13.8 Å². The van der Waals surface area contributed by atoms with Crippen LogP contribution >= 0.6 is 0 Å². The molecule has 1 heterocycles. The molecule has 0 aliphatic carbocycles. The topological polar surface area (TPSA) is 255 Å². The second-order valence-electron chi connectivity index (χ2n) is 10.7. The molecule has 1 aromatic heterocycles. The molecule has 0 bridgehead atoms. The highest BCUT2D eigenvalue weighted by molar-refractivity contribution is 5.95. The highest BCUT2D eigenvalue weighted by Gasteiger charge is 2.33. The van der Waals surface area contributed by atoms with Crippen molar-refractivity contribution < 1.29 is 34.2 Å². The Bertz CT molecular complexity index is 986. The summed E-state index contributed by atoms with van der Waals surface area (Å²) in [4.78, 5) is 70.5. The van der Waals surface area contributed by atoms with E-state index in [-0.39, 0.29) is 25.2 Å². The maximum atomic E-state index is 13.4. The van der Waals surface area contributed by atoms with Gasteiger partial charge in [-0.15, -0.1) is 0 Å². The van der Waals surface area contributed by atoms with Crippen molar-refractivity contribution in [2.24, 2.45) is 23.3 Å². The lowest BCUT2D eigenvalue weighted by Crippen LogP contribution is -2.60. The first-order valence-electron chi connectivity index (χ1n) is 13.8. The maximum absolute atomic E-state index is 13.4. The predicted molar refractivity (Wildman–Crippen MR) is 150 cm³/mol. The zero-order valence-electron chi connectivity index (χ0n) is 24.2. The number of aromatic amines is 1. The van der Waals surface area contributed by atoms with E-state index < -0.39 is 72.3 Å². The van der Waals surface area contributed by atoms with Gasteiger partial charge in [-0.2, -0.15) is 0 Å². The largest absolute Gasteiger partial charge is 0.480 e. The molecule has 0 aliphatic rings. The second kappa shape index (κ2) is 18.0. The van der Waals surface area contributed by atoms with Crippen LogP contribution in [-0.4, -0.2) is 93.1 Å². The molecule has 41 heavy (non-hydrogen) atoms. The minimum absolute atomic E-state index is 0.00347. The fourth-order valence-electron chi connectivity index (χ4n) is 3.96. The minimum atomic E-state index is -1.25. The number of carboxylic acids is 1. The number of carbonyl (C=O) groups is 5. The van der Waals surface area contributed by atoms with Gasteiger partial charge in [0.05, 0.1) is 12.9 Å². The molecular weight excluding hydrogens is 536 g/mol. The van der Waals surface area contributed by atoms with Crippen LogP contribution in [0.1, 0.15) is 59.1 Å². The average molecular weight is 583 g/mol. The van der Waals surface area contributed by atoms with Crippen molar-refractivity contribution in [3.63, 3.8) is 0 Å². The molecule has 11 N–H and O–H groups in total. The number of aromatic nitrogens is 2. The van der Waals surface area contributed by atoms with Crippen LogP contribution in [0.15, 0.2) is 12.5 Å². The minimum Gasteiger partial charge on any atom is -0.480 e. The fourth-order valence-corrected chi connectivity index (χ4v) is 3.96. The smallest absolute Gasteiger partial charge is 0.326 e. The van der Waals surface area contributed by atoms with Crippen LogP contribution < -0.4 is 32.7 Å².